The molecule has 5 nitrogen and oxygen atoms in total. The highest BCUT2D eigenvalue weighted by atomic mass is 32.2. The summed E-state index contributed by atoms with van der Waals surface area (Å²) in [5, 5.41) is 0. The minimum absolute atomic E-state index is 0.186. The summed E-state index contributed by atoms with van der Waals surface area (Å²) in [7, 11) is -2.22. The second-order valence-corrected chi connectivity index (χ2v) is 7.63. The number of methoxy groups -OCH3 is 1. The Bertz CT molecular complexity index is 971. The average molecular weight is 368 g/mol. The van der Waals surface area contributed by atoms with E-state index in [1.165, 1.54) is 16.4 Å². The minimum atomic E-state index is -3.77. The van der Waals surface area contributed by atoms with Crippen LogP contribution in [0.25, 0.3) is 0 Å². The molecule has 0 aliphatic rings. The van der Waals surface area contributed by atoms with Gasteiger partial charge in [-0.05, 0) is 42.0 Å². The van der Waals surface area contributed by atoms with Crippen LogP contribution in [0.3, 0.4) is 0 Å². The molecule has 2 N–H and O–H groups in total. The maximum Gasteiger partial charge on any atom is 0.264 e. The number of benzene rings is 3. The van der Waals surface area contributed by atoms with Crippen LogP contribution in [0.15, 0.2) is 83.8 Å². The molecule has 0 radical (unpaired) electrons. The first-order valence-electron chi connectivity index (χ1n) is 8.07. The topological polar surface area (TPSA) is 72.6 Å². The van der Waals surface area contributed by atoms with Gasteiger partial charge in [-0.2, -0.15) is 0 Å². The number of nitrogens with two attached hydrogens (primary N) is 1. The van der Waals surface area contributed by atoms with Gasteiger partial charge in [-0.25, -0.2) is 8.42 Å². The number of hydrogen-bond acceptors (Lipinski definition) is 4. The van der Waals surface area contributed by atoms with E-state index in [1.807, 2.05) is 30.3 Å². The Kier molecular flexibility index (Phi) is 5.14. The van der Waals surface area contributed by atoms with E-state index in [-0.39, 0.29) is 11.4 Å². The molecule has 3 aromatic rings. The second-order valence-electron chi connectivity index (χ2n) is 5.77. The number of hydrogen-bond donors (Lipinski definition) is 1. The van der Waals surface area contributed by atoms with Gasteiger partial charge in [-0.1, -0.05) is 36.4 Å². The fourth-order valence-corrected chi connectivity index (χ4v) is 4.04. The van der Waals surface area contributed by atoms with E-state index < -0.39 is 10.0 Å². The van der Waals surface area contributed by atoms with Crippen molar-refractivity contribution >= 4 is 21.4 Å². The van der Waals surface area contributed by atoms with Crippen LogP contribution in [0.2, 0.25) is 0 Å². The molecular weight excluding hydrogens is 348 g/mol. The van der Waals surface area contributed by atoms with Gasteiger partial charge >= 0.3 is 0 Å². The lowest BCUT2D eigenvalue weighted by atomic mass is 10.2. The first-order chi connectivity index (χ1) is 12.5. The molecule has 0 aliphatic carbocycles. The normalized spacial score (nSPS) is 11.1. The van der Waals surface area contributed by atoms with Crippen molar-refractivity contribution in [1.82, 2.24) is 0 Å². The number of sulfonamides is 1. The predicted octanol–water partition coefficient (Wildman–Crippen LogP) is 3.67. The van der Waals surface area contributed by atoms with Gasteiger partial charge in [0.15, 0.2) is 0 Å². The zero-order chi connectivity index (χ0) is 18.6. The first kappa shape index (κ1) is 17.8. The van der Waals surface area contributed by atoms with Crippen LogP contribution in [-0.4, -0.2) is 15.5 Å². The fraction of sp³-hybridized carbons (Fsp3) is 0.100. The van der Waals surface area contributed by atoms with E-state index in [0.717, 1.165) is 5.56 Å². The lowest BCUT2D eigenvalue weighted by Crippen LogP contribution is -2.30. The smallest absolute Gasteiger partial charge is 0.264 e. The summed E-state index contributed by atoms with van der Waals surface area (Å²) in [5.74, 6) is 0.591. The summed E-state index contributed by atoms with van der Waals surface area (Å²) in [6.07, 6.45) is 0. The molecular formula is C20H20N2O3S. The zero-order valence-electron chi connectivity index (χ0n) is 14.4. The molecule has 0 saturated carbocycles. The Balaban J connectivity index is 2.08. The Labute approximate surface area is 153 Å². The molecule has 0 spiro atoms. The van der Waals surface area contributed by atoms with Crippen molar-refractivity contribution in [2.45, 2.75) is 11.4 Å². The van der Waals surface area contributed by atoms with E-state index in [0.29, 0.717) is 17.1 Å². The van der Waals surface area contributed by atoms with Gasteiger partial charge in [0.1, 0.15) is 5.75 Å². The summed E-state index contributed by atoms with van der Waals surface area (Å²) in [5.41, 5.74) is 7.62. The molecule has 0 atom stereocenters. The molecule has 0 fully saturated rings. The number of anilines is 2. The van der Waals surface area contributed by atoms with Crippen molar-refractivity contribution in [1.29, 1.82) is 0 Å². The molecule has 0 heterocycles. The largest absolute Gasteiger partial charge is 0.497 e. The predicted molar refractivity (Wildman–Crippen MR) is 104 cm³/mol. The molecule has 6 heteroatoms. The van der Waals surface area contributed by atoms with Crippen molar-refractivity contribution in [2.75, 3.05) is 17.1 Å². The number of nitrogen functional groups attached to an aromatic ring is 1. The van der Waals surface area contributed by atoms with E-state index in [9.17, 15) is 8.42 Å². The molecule has 3 aromatic carbocycles. The third kappa shape index (κ3) is 3.81. The lowest BCUT2D eigenvalue weighted by Gasteiger charge is -2.25. The van der Waals surface area contributed by atoms with Crippen molar-refractivity contribution < 1.29 is 13.2 Å². The molecule has 26 heavy (non-hydrogen) atoms. The van der Waals surface area contributed by atoms with Gasteiger partial charge < -0.3 is 10.5 Å². The first-order valence-corrected chi connectivity index (χ1v) is 9.51. The fourth-order valence-electron chi connectivity index (χ4n) is 2.60. The maximum absolute atomic E-state index is 13.3. The van der Waals surface area contributed by atoms with Crippen LogP contribution in [0, 0.1) is 0 Å². The van der Waals surface area contributed by atoms with E-state index >= 15 is 0 Å². The Morgan fingerprint density at radius 2 is 1.62 bits per heavy atom. The van der Waals surface area contributed by atoms with Crippen molar-refractivity contribution in [3.63, 3.8) is 0 Å². The van der Waals surface area contributed by atoms with Gasteiger partial charge in [-0.3, -0.25) is 4.31 Å². The van der Waals surface area contributed by atoms with Crippen LogP contribution in [0.1, 0.15) is 5.56 Å². The summed E-state index contributed by atoms with van der Waals surface area (Å²) < 4.78 is 33.2. The second kappa shape index (κ2) is 7.49. The highest BCUT2D eigenvalue weighted by molar-refractivity contribution is 7.92. The number of ether oxygens (including phenoxy) is 1. The van der Waals surface area contributed by atoms with Crippen LogP contribution >= 0.6 is 0 Å². The standard InChI is InChI=1S/C20H20N2O3S/c1-25-19-9-5-8-18(14-19)22(15-16-6-3-2-4-7-16)26(23,24)20-12-10-17(21)11-13-20/h2-14H,15,21H2,1H3. The molecule has 0 bridgehead atoms. The van der Waals surface area contributed by atoms with Crippen LogP contribution in [0.4, 0.5) is 11.4 Å². The molecule has 0 amide bonds. The van der Waals surface area contributed by atoms with E-state index in [1.54, 1.807) is 43.5 Å². The lowest BCUT2D eigenvalue weighted by molar-refractivity contribution is 0.415. The summed E-state index contributed by atoms with van der Waals surface area (Å²) in [4.78, 5) is 0.186. The molecule has 0 aliphatic heterocycles. The average Bonchev–Trinajstić information content (AvgIpc) is 2.67. The number of nitrogens with zero attached hydrogens (tertiary/aromatic N) is 1. The molecule has 3 rings (SSSR count). The van der Waals surface area contributed by atoms with Crippen molar-refractivity contribution in [2.24, 2.45) is 0 Å². The SMILES string of the molecule is COc1cccc(N(Cc2ccccc2)S(=O)(=O)c2ccc(N)cc2)c1. The van der Waals surface area contributed by atoms with Crippen molar-refractivity contribution in [3.05, 3.63) is 84.4 Å². The summed E-state index contributed by atoms with van der Waals surface area (Å²) in [6, 6.07) is 22.7. The molecule has 134 valence electrons. The van der Waals surface area contributed by atoms with Gasteiger partial charge in [0.05, 0.1) is 24.2 Å². The quantitative estimate of drug-likeness (QED) is 0.674. The van der Waals surface area contributed by atoms with E-state index in [4.69, 9.17) is 10.5 Å². The Hall–Kier alpha value is -2.99. The van der Waals surface area contributed by atoms with Crippen LogP contribution < -0.4 is 14.8 Å². The monoisotopic (exact) mass is 368 g/mol. The summed E-state index contributed by atoms with van der Waals surface area (Å²) >= 11 is 0. The van der Waals surface area contributed by atoms with Gasteiger partial charge in [-0.15, -0.1) is 0 Å². The van der Waals surface area contributed by atoms with Crippen molar-refractivity contribution in [3.8, 4) is 5.75 Å². The summed E-state index contributed by atoms with van der Waals surface area (Å²) in [6.45, 7) is 0.209. The Morgan fingerprint density at radius 1 is 0.923 bits per heavy atom. The van der Waals surface area contributed by atoms with Crippen LogP contribution in [-0.2, 0) is 16.6 Å². The van der Waals surface area contributed by atoms with E-state index in [2.05, 4.69) is 0 Å². The zero-order valence-corrected chi connectivity index (χ0v) is 15.2. The molecule has 0 aromatic heterocycles. The minimum Gasteiger partial charge on any atom is -0.497 e. The molecule has 0 saturated heterocycles. The third-order valence-electron chi connectivity index (χ3n) is 3.98. The van der Waals surface area contributed by atoms with Gasteiger partial charge in [0.25, 0.3) is 10.0 Å². The third-order valence-corrected chi connectivity index (χ3v) is 5.77. The maximum atomic E-state index is 13.3. The highest BCUT2D eigenvalue weighted by Crippen LogP contribution is 2.29. The molecule has 0 unspecified atom stereocenters. The van der Waals surface area contributed by atoms with Gasteiger partial charge in [0.2, 0.25) is 0 Å². The highest BCUT2D eigenvalue weighted by Gasteiger charge is 2.25. The number of rotatable bonds is 6. The van der Waals surface area contributed by atoms with Gasteiger partial charge in [0, 0.05) is 11.8 Å². The van der Waals surface area contributed by atoms with Crippen LogP contribution in [0.5, 0.6) is 5.75 Å². The Morgan fingerprint density at radius 3 is 2.27 bits per heavy atom.